The molecule has 4 heteroatoms. The normalized spacial score (nSPS) is 12.6. The third-order valence-electron chi connectivity index (χ3n) is 2.35. The van der Waals surface area contributed by atoms with Crippen LogP contribution in [-0.4, -0.2) is 5.75 Å². The number of hydrogen-bond donors (Lipinski definition) is 1. The van der Waals surface area contributed by atoms with Crippen molar-refractivity contribution in [1.29, 1.82) is 0 Å². The Morgan fingerprint density at radius 3 is 2.82 bits per heavy atom. The van der Waals surface area contributed by atoms with E-state index in [1.165, 1.54) is 14.6 Å². The average Bonchev–Trinajstić information content (AvgIpc) is 2.73. The smallest absolute Gasteiger partial charge is 0.0485 e. The Morgan fingerprint density at radius 2 is 2.18 bits per heavy atom. The molecule has 0 saturated carbocycles. The molecule has 0 spiro atoms. The first kappa shape index (κ1) is 13.1. The monoisotopic (exact) mass is 327 g/mol. The van der Waals surface area contributed by atoms with Crippen LogP contribution in [-0.2, 0) is 0 Å². The molecule has 2 N–H and O–H groups in total. The van der Waals surface area contributed by atoms with Crippen molar-refractivity contribution in [2.24, 2.45) is 5.73 Å². The van der Waals surface area contributed by atoms with E-state index in [4.69, 9.17) is 5.73 Å². The number of thioether (sulfide) groups is 1. The van der Waals surface area contributed by atoms with Crippen molar-refractivity contribution in [3.63, 3.8) is 0 Å². The molecule has 1 nitrogen and oxygen atoms in total. The summed E-state index contributed by atoms with van der Waals surface area (Å²) < 4.78 is 1.11. The molecule has 0 aliphatic rings. The van der Waals surface area contributed by atoms with Gasteiger partial charge < -0.3 is 5.73 Å². The first-order valence-corrected chi connectivity index (χ1v) is 7.95. The van der Waals surface area contributed by atoms with Crippen LogP contribution in [0.1, 0.15) is 15.8 Å². The van der Waals surface area contributed by atoms with Crippen LogP contribution in [0.2, 0.25) is 0 Å². The summed E-state index contributed by atoms with van der Waals surface area (Å²) in [5, 5.41) is 0. The fraction of sp³-hybridized carbons (Fsp3) is 0.231. The van der Waals surface area contributed by atoms with Crippen LogP contribution < -0.4 is 5.73 Å². The molecule has 1 heterocycles. The van der Waals surface area contributed by atoms with E-state index in [9.17, 15) is 0 Å². The van der Waals surface area contributed by atoms with Gasteiger partial charge in [-0.05, 0) is 37.3 Å². The zero-order valence-corrected chi connectivity index (χ0v) is 12.7. The molecule has 0 aliphatic carbocycles. The summed E-state index contributed by atoms with van der Waals surface area (Å²) in [5.74, 6) is 0.913. The molecule has 17 heavy (non-hydrogen) atoms. The quantitative estimate of drug-likeness (QED) is 0.830. The van der Waals surface area contributed by atoms with Crippen molar-refractivity contribution in [3.8, 4) is 0 Å². The van der Waals surface area contributed by atoms with Crippen LogP contribution in [0.15, 0.2) is 45.8 Å². The fourth-order valence-corrected chi connectivity index (χ4v) is 3.95. The molecule has 2 rings (SSSR count). The topological polar surface area (TPSA) is 26.0 Å². The number of thiophene rings is 1. The number of benzene rings is 1. The second-order valence-electron chi connectivity index (χ2n) is 3.82. The Labute approximate surface area is 119 Å². The predicted octanol–water partition coefficient (Wildman–Crippen LogP) is 4.61. The second-order valence-corrected chi connectivity index (χ2v) is 7.15. The Kier molecular flexibility index (Phi) is 4.68. The average molecular weight is 328 g/mol. The summed E-state index contributed by atoms with van der Waals surface area (Å²) in [4.78, 5) is 3.84. The molecule has 1 atom stereocenters. The van der Waals surface area contributed by atoms with Gasteiger partial charge in [0.2, 0.25) is 0 Å². The lowest BCUT2D eigenvalue weighted by molar-refractivity contribution is 0.852. The zero-order valence-electron chi connectivity index (χ0n) is 9.52. The minimum Gasteiger partial charge on any atom is -0.323 e. The van der Waals surface area contributed by atoms with E-state index in [1.807, 2.05) is 12.1 Å². The van der Waals surface area contributed by atoms with Crippen LogP contribution in [0.25, 0.3) is 0 Å². The highest BCUT2D eigenvalue weighted by Crippen LogP contribution is 2.28. The van der Waals surface area contributed by atoms with Crippen molar-refractivity contribution < 1.29 is 0 Å². The highest BCUT2D eigenvalue weighted by Gasteiger charge is 2.08. The molecule has 0 fully saturated rings. The standard InChI is InChI=1S/C13H14BrNS2/c1-9-5-6-13(17-9)12(15)8-16-11-4-2-3-10(14)7-11/h2-7,12H,8,15H2,1H3. The second kappa shape index (κ2) is 6.05. The predicted molar refractivity (Wildman–Crippen MR) is 80.9 cm³/mol. The van der Waals surface area contributed by atoms with Crippen LogP contribution >= 0.6 is 39.0 Å². The molecule has 2 aromatic rings. The van der Waals surface area contributed by atoms with Gasteiger partial charge in [-0.3, -0.25) is 0 Å². The van der Waals surface area contributed by atoms with Crippen LogP contribution in [0.3, 0.4) is 0 Å². The molecule has 1 aromatic carbocycles. The lowest BCUT2D eigenvalue weighted by Gasteiger charge is -2.09. The minimum absolute atomic E-state index is 0.123. The Balaban J connectivity index is 1.94. The largest absolute Gasteiger partial charge is 0.323 e. The molecule has 0 aliphatic heterocycles. The summed E-state index contributed by atoms with van der Waals surface area (Å²) >= 11 is 7.06. The van der Waals surface area contributed by atoms with Gasteiger partial charge in [0.25, 0.3) is 0 Å². The number of aryl methyl sites for hydroxylation is 1. The lowest BCUT2D eigenvalue weighted by atomic mass is 10.3. The van der Waals surface area contributed by atoms with E-state index < -0.39 is 0 Å². The van der Waals surface area contributed by atoms with Gasteiger partial charge in [-0.1, -0.05) is 22.0 Å². The highest BCUT2D eigenvalue weighted by molar-refractivity contribution is 9.10. The molecular formula is C13H14BrNS2. The summed E-state index contributed by atoms with van der Waals surface area (Å²) in [5.41, 5.74) is 6.17. The summed E-state index contributed by atoms with van der Waals surface area (Å²) in [6, 6.07) is 12.7. The molecular weight excluding hydrogens is 314 g/mol. The number of halogens is 1. The van der Waals surface area contributed by atoms with Crippen molar-refractivity contribution in [1.82, 2.24) is 0 Å². The van der Waals surface area contributed by atoms with E-state index in [-0.39, 0.29) is 6.04 Å². The van der Waals surface area contributed by atoms with Crippen LogP contribution in [0.5, 0.6) is 0 Å². The third kappa shape index (κ3) is 3.85. The number of nitrogens with two attached hydrogens (primary N) is 1. The van der Waals surface area contributed by atoms with E-state index >= 15 is 0 Å². The van der Waals surface area contributed by atoms with Crippen LogP contribution in [0, 0.1) is 6.92 Å². The van der Waals surface area contributed by atoms with Crippen molar-refractivity contribution in [2.45, 2.75) is 17.9 Å². The summed E-state index contributed by atoms with van der Waals surface area (Å²) in [7, 11) is 0. The maximum atomic E-state index is 6.17. The number of rotatable bonds is 4. The molecule has 0 bridgehead atoms. The van der Waals surface area contributed by atoms with E-state index in [0.29, 0.717) is 0 Å². The van der Waals surface area contributed by atoms with E-state index in [2.05, 4.69) is 47.1 Å². The van der Waals surface area contributed by atoms with Gasteiger partial charge in [0.1, 0.15) is 0 Å². The maximum absolute atomic E-state index is 6.17. The van der Waals surface area contributed by atoms with Gasteiger partial charge in [-0.25, -0.2) is 0 Å². The first-order valence-electron chi connectivity index (χ1n) is 5.35. The molecule has 1 aromatic heterocycles. The van der Waals surface area contributed by atoms with E-state index in [0.717, 1.165) is 10.2 Å². The Morgan fingerprint density at radius 1 is 1.35 bits per heavy atom. The molecule has 0 radical (unpaired) electrons. The molecule has 90 valence electrons. The van der Waals surface area contributed by atoms with E-state index in [1.54, 1.807) is 23.1 Å². The van der Waals surface area contributed by atoms with Gasteiger partial charge >= 0.3 is 0 Å². The SMILES string of the molecule is Cc1ccc(C(N)CSc2cccc(Br)c2)s1. The Bertz CT molecular complexity index is 496. The lowest BCUT2D eigenvalue weighted by Crippen LogP contribution is -2.11. The zero-order chi connectivity index (χ0) is 12.3. The van der Waals surface area contributed by atoms with Gasteiger partial charge in [0.05, 0.1) is 0 Å². The van der Waals surface area contributed by atoms with Gasteiger partial charge in [0.15, 0.2) is 0 Å². The fourth-order valence-electron chi connectivity index (χ4n) is 1.48. The van der Waals surface area contributed by atoms with Gasteiger partial charge in [0, 0.05) is 30.9 Å². The van der Waals surface area contributed by atoms with Crippen molar-refractivity contribution in [3.05, 3.63) is 50.6 Å². The van der Waals surface area contributed by atoms with Gasteiger partial charge in [-0.2, -0.15) is 0 Å². The minimum atomic E-state index is 0.123. The third-order valence-corrected chi connectivity index (χ3v) is 5.09. The molecule has 0 saturated heterocycles. The number of hydrogen-bond acceptors (Lipinski definition) is 3. The molecule has 0 amide bonds. The van der Waals surface area contributed by atoms with Crippen molar-refractivity contribution >= 4 is 39.0 Å². The summed E-state index contributed by atoms with van der Waals surface area (Å²) in [6.45, 7) is 2.11. The molecule has 1 unspecified atom stereocenters. The van der Waals surface area contributed by atoms with Crippen molar-refractivity contribution in [2.75, 3.05) is 5.75 Å². The Hall–Kier alpha value is -0.290. The van der Waals surface area contributed by atoms with Gasteiger partial charge in [-0.15, -0.1) is 23.1 Å². The maximum Gasteiger partial charge on any atom is 0.0485 e. The van der Waals surface area contributed by atoms with Crippen LogP contribution in [0.4, 0.5) is 0 Å². The first-order chi connectivity index (χ1) is 8.15. The highest BCUT2D eigenvalue weighted by atomic mass is 79.9. The summed E-state index contributed by atoms with van der Waals surface area (Å²) in [6.07, 6.45) is 0.